The molecule has 100 valence electrons. The maximum atomic E-state index is 13.7. The van der Waals surface area contributed by atoms with E-state index in [1.165, 1.54) is 6.07 Å². The lowest BCUT2D eigenvalue weighted by Crippen LogP contribution is -2.25. The number of rotatable bonds is 5. The molecule has 0 aliphatic heterocycles. The van der Waals surface area contributed by atoms with E-state index in [9.17, 15) is 12.8 Å². The molecule has 0 saturated carbocycles. The van der Waals surface area contributed by atoms with Crippen molar-refractivity contribution in [2.24, 2.45) is 0 Å². The van der Waals surface area contributed by atoms with Gasteiger partial charge in [0.25, 0.3) is 0 Å². The Balaban J connectivity index is 2.98. The Bertz CT molecular complexity index is 558. The summed E-state index contributed by atoms with van der Waals surface area (Å²) in [5.41, 5.74) is 5.68. The molecule has 0 radical (unpaired) electrons. The minimum absolute atomic E-state index is 0.0244. The molecule has 18 heavy (non-hydrogen) atoms. The standard InChI is InChI=1S/C11H14BrFN2O2S/c1-2-3-4-5-15-18(16,17)10-7-8(14)6-9(12)11(10)13/h2-3,6-7,15H,4-5,14H2,1H3/b3-2+. The molecule has 0 heterocycles. The molecule has 1 aromatic rings. The molecule has 0 aliphatic carbocycles. The van der Waals surface area contributed by atoms with Crippen molar-refractivity contribution in [2.75, 3.05) is 12.3 Å². The van der Waals surface area contributed by atoms with E-state index in [0.717, 1.165) is 6.07 Å². The fourth-order valence-electron chi connectivity index (χ4n) is 1.30. The van der Waals surface area contributed by atoms with Gasteiger partial charge < -0.3 is 5.73 Å². The number of nitrogens with one attached hydrogen (secondary N) is 1. The lowest BCUT2D eigenvalue weighted by Gasteiger charge is -2.08. The molecule has 0 atom stereocenters. The molecule has 0 aromatic heterocycles. The summed E-state index contributed by atoms with van der Waals surface area (Å²) in [4.78, 5) is -0.449. The van der Waals surface area contributed by atoms with Crippen LogP contribution in [0.1, 0.15) is 13.3 Å². The van der Waals surface area contributed by atoms with Gasteiger partial charge in [-0.25, -0.2) is 17.5 Å². The average molecular weight is 337 g/mol. The first kappa shape index (κ1) is 15.1. The van der Waals surface area contributed by atoms with E-state index in [0.29, 0.717) is 6.42 Å². The van der Waals surface area contributed by atoms with Crippen molar-refractivity contribution in [2.45, 2.75) is 18.2 Å². The normalized spacial score (nSPS) is 12.2. The quantitative estimate of drug-likeness (QED) is 0.492. The van der Waals surface area contributed by atoms with Gasteiger partial charge in [-0.05, 0) is 41.4 Å². The van der Waals surface area contributed by atoms with E-state index in [1.54, 1.807) is 0 Å². The molecule has 1 aromatic carbocycles. The highest BCUT2D eigenvalue weighted by Gasteiger charge is 2.21. The number of nitrogen functional groups attached to an aromatic ring is 1. The van der Waals surface area contributed by atoms with Crippen molar-refractivity contribution >= 4 is 31.6 Å². The van der Waals surface area contributed by atoms with Crippen molar-refractivity contribution in [1.82, 2.24) is 4.72 Å². The number of hydrogen-bond donors (Lipinski definition) is 2. The third kappa shape index (κ3) is 3.79. The van der Waals surface area contributed by atoms with Crippen LogP contribution in [0.3, 0.4) is 0 Å². The summed E-state index contributed by atoms with van der Waals surface area (Å²) in [7, 11) is -3.89. The second-order valence-electron chi connectivity index (χ2n) is 3.57. The van der Waals surface area contributed by atoms with Crippen LogP contribution in [0.2, 0.25) is 0 Å². The predicted molar refractivity (Wildman–Crippen MR) is 73.1 cm³/mol. The maximum absolute atomic E-state index is 13.7. The Kier molecular flexibility index (Phi) is 5.30. The van der Waals surface area contributed by atoms with Gasteiger partial charge in [0.05, 0.1) is 4.47 Å². The molecule has 0 aliphatic rings. The van der Waals surface area contributed by atoms with Gasteiger partial charge in [0.15, 0.2) is 5.82 Å². The van der Waals surface area contributed by atoms with Crippen molar-refractivity contribution in [3.63, 3.8) is 0 Å². The van der Waals surface area contributed by atoms with Crippen LogP contribution in [-0.2, 0) is 10.0 Å². The van der Waals surface area contributed by atoms with Gasteiger partial charge >= 0.3 is 0 Å². The van der Waals surface area contributed by atoms with Gasteiger partial charge in [0, 0.05) is 12.2 Å². The molecule has 3 N–H and O–H groups in total. The first-order valence-electron chi connectivity index (χ1n) is 5.24. The molecule has 0 amide bonds. The van der Waals surface area contributed by atoms with Gasteiger partial charge in [-0.3, -0.25) is 0 Å². The Labute approximate surface area is 114 Å². The molecule has 0 unspecified atom stereocenters. The van der Waals surface area contributed by atoms with E-state index < -0.39 is 20.7 Å². The first-order valence-corrected chi connectivity index (χ1v) is 7.51. The van der Waals surface area contributed by atoms with E-state index in [4.69, 9.17) is 5.73 Å². The zero-order chi connectivity index (χ0) is 13.8. The third-order valence-corrected chi connectivity index (χ3v) is 4.18. The lowest BCUT2D eigenvalue weighted by molar-refractivity contribution is 0.555. The summed E-state index contributed by atoms with van der Waals surface area (Å²) in [6.07, 6.45) is 4.17. The summed E-state index contributed by atoms with van der Waals surface area (Å²) in [5.74, 6) is -0.845. The smallest absolute Gasteiger partial charge is 0.243 e. The summed E-state index contributed by atoms with van der Waals surface area (Å²) in [6, 6.07) is 2.41. The molecular weight excluding hydrogens is 323 g/mol. The third-order valence-electron chi connectivity index (χ3n) is 2.15. The molecule has 1 rings (SSSR count). The largest absolute Gasteiger partial charge is 0.399 e. The fourth-order valence-corrected chi connectivity index (χ4v) is 3.09. The minimum atomic E-state index is -3.89. The number of halogens is 2. The highest BCUT2D eigenvalue weighted by Crippen LogP contribution is 2.25. The molecule has 0 bridgehead atoms. The van der Waals surface area contributed by atoms with Crippen molar-refractivity contribution in [1.29, 1.82) is 0 Å². The zero-order valence-electron chi connectivity index (χ0n) is 9.78. The first-order chi connectivity index (χ1) is 8.38. The number of hydrogen-bond acceptors (Lipinski definition) is 3. The van der Waals surface area contributed by atoms with Gasteiger partial charge in [-0.2, -0.15) is 0 Å². The van der Waals surface area contributed by atoms with Crippen LogP contribution in [-0.4, -0.2) is 15.0 Å². The monoisotopic (exact) mass is 336 g/mol. The SMILES string of the molecule is C/C=C/CCNS(=O)(=O)c1cc(N)cc(Br)c1F. The van der Waals surface area contributed by atoms with Gasteiger partial charge in [0.1, 0.15) is 4.90 Å². The Morgan fingerprint density at radius 1 is 1.50 bits per heavy atom. The number of benzene rings is 1. The second kappa shape index (κ2) is 6.31. The van der Waals surface area contributed by atoms with Crippen LogP contribution in [0, 0.1) is 5.82 Å². The van der Waals surface area contributed by atoms with Crippen LogP contribution in [0.25, 0.3) is 0 Å². The van der Waals surface area contributed by atoms with Crippen LogP contribution in [0.5, 0.6) is 0 Å². The number of sulfonamides is 1. The Hall–Kier alpha value is -0.920. The number of anilines is 1. The van der Waals surface area contributed by atoms with Gasteiger partial charge in [0.2, 0.25) is 10.0 Å². The highest BCUT2D eigenvalue weighted by atomic mass is 79.9. The molecular formula is C11H14BrFN2O2S. The van der Waals surface area contributed by atoms with Crippen LogP contribution >= 0.6 is 15.9 Å². The fraction of sp³-hybridized carbons (Fsp3) is 0.273. The topological polar surface area (TPSA) is 72.2 Å². The van der Waals surface area contributed by atoms with Crippen LogP contribution in [0.15, 0.2) is 33.7 Å². The summed E-state index contributed by atoms with van der Waals surface area (Å²) >= 11 is 2.92. The molecule has 4 nitrogen and oxygen atoms in total. The van der Waals surface area contributed by atoms with Gasteiger partial charge in [-0.1, -0.05) is 12.2 Å². The summed E-state index contributed by atoms with van der Waals surface area (Å²) in [6.45, 7) is 2.04. The summed E-state index contributed by atoms with van der Waals surface area (Å²) in [5, 5.41) is 0. The van der Waals surface area contributed by atoms with Gasteiger partial charge in [-0.15, -0.1) is 0 Å². The van der Waals surface area contributed by atoms with Crippen molar-refractivity contribution < 1.29 is 12.8 Å². The average Bonchev–Trinajstić information content (AvgIpc) is 2.29. The van der Waals surface area contributed by atoms with E-state index in [-0.39, 0.29) is 16.7 Å². The Morgan fingerprint density at radius 3 is 2.78 bits per heavy atom. The predicted octanol–water partition coefficient (Wildman–Crippen LogP) is 2.41. The minimum Gasteiger partial charge on any atom is -0.399 e. The van der Waals surface area contributed by atoms with Crippen molar-refractivity contribution in [3.05, 3.63) is 34.6 Å². The molecule has 0 spiro atoms. The molecule has 7 heteroatoms. The van der Waals surface area contributed by atoms with Crippen LogP contribution < -0.4 is 10.5 Å². The molecule has 0 saturated heterocycles. The van der Waals surface area contributed by atoms with Crippen molar-refractivity contribution in [3.8, 4) is 0 Å². The lowest BCUT2D eigenvalue weighted by atomic mass is 10.3. The Morgan fingerprint density at radius 2 is 2.17 bits per heavy atom. The highest BCUT2D eigenvalue weighted by molar-refractivity contribution is 9.10. The number of allylic oxidation sites excluding steroid dienone is 1. The maximum Gasteiger partial charge on any atom is 0.243 e. The van der Waals surface area contributed by atoms with E-state index in [1.807, 2.05) is 19.1 Å². The number of nitrogens with two attached hydrogens (primary N) is 1. The van der Waals surface area contributed by atoms with E-state index in [2.05, 4.69) is 20.7 Å². The summed E-state index contributed by atoms with van der Waals surface area (Å²) < 4.78 is 39.8. The van der Waals surface area contributed by atoms with Crippen LogP contribution in [0.4, 0.5) is 10.1 Å². The zero-order valence-corrected chi connectivity index (χ0v) is 12.2. The second-order valence-corrected chi connectivity index (χ2v) is 6.16. The molecule has 0 fully saturated rings. The van der Waals surface area contributed by atoms with E-state index >= 15 is 0 Å².